The second-order valence-corrected chi connectivity index (χ2v) is 10.8. The summed E-state index contributed by atoms with van der Waals surface area (Å²) in [6.07, 6.45) is 3.32. The molecule has 0 saturated carbocycles. The quantitative estimate of drug-likeness (QED) is 0.403. The number of benzene rings is 2. The van der Waals surface area contributed by atoms with Crippen LogP contribution >= 0.6 is 11.3 Å². The fraction of sp³-hybridized carbons (Fsp3) is 0.208. The van der Waals surface area contributed by atoms with E-state index in [0.29, 0.717) is 10.7 Å². The summed E-state index contributed by atoms with van der Waals surface area (Å²) in [6, 6.07) is 16.5. The van der Waals surface area contributed by atoms with E-state index in [1.807, 2.05) is 38.1 Å². The van der Waals surface area contributed by atoms with Crippen LogP contribution in [0.25, 0.3) is 10.2 Å². The highest BCUT2D eigenvalue weighted by atomic mass is 32.2. The lowest BCUT2D eigenvalue weighted by Gasteiger charge is -2.20. The van der Waals surface area contributed by atoms with Gasteiger partial charge in [-0.1, -0.05) is 53.8 Å². The van der Waals surface area contributed by atoms with Gasteiger partial charge in [0.15, 0.2) is 15.0 Å². The summed E-state index contributed by atoms with van der Waals surface area (Å²) < 4.78 is 26.5. The lowest BCUT2D eigenvalue weighted by Crippen LogP contribution is -2.35. The number of carbonyl (C=O) groups is 1. The molecular formula is C24H23N3O3S2. The topological polar surface area (TPSA) is 80.2 Å². The van der Waals surface area contributed by atoms with Crippen molar-refractivity contribution in [2.45, 2.75) is 26.1 Å². The van der Waals surface area contributed by atoms with Crippen LogP contribution in [-0.2, 0) is 26.9 Å². The van der Waals surface area contributed by atoms with Crippen molar-refractivity contribution >= 4 is 42.4 Å². The molecule has 0 radical (unpaired) electrons. The van der Waals surface area contributed by atoms with Gasteiger partial charge in [0.1, 0.15) is 5.75 Å². The molecule has 0 aliphatic carbocycles. The van der Waals surface area contributed by atoms with Gasteiger partial charge in [0.05, 0.1) is 22.5 Å². The van der Waals surface area contributed by atoms with Crippen molar-refractivity contribution in [1.29, 1.82) is 0 Å². The van der Waals surface area contributed by atoms with Crippen LogP contribution in [0.4, 0.5) is 5.13 Å². The zero-order valence-electron chi connectivity index (χ0n) is 17.9. The maximum absolute atomic E-state index is 13.3. The highest BCUT2D eigenvalue weighted by Gasteiger charge is 2.26. The number of aryl methyl sites for hydroxylation is 2. The van der Waals surface area contributed by atoms with Crippen molar-refractivity contribution in [2.75, 3.05) is 10.7 Å². The number of nitrogens with zero attached hydrogens (tertiary/aromatic N) is 3. The third kappa shape index (κ3) is 5.03. The first-order valence-electron chi connectivity index (χ1n) is 10.1. The summed E-state index contributed by atoms with van der Waals surface area (Å²) in [6.45, 7) is 4.21. The second-order valence-electron chi connectivity index (χ2n) is 7.71. The standard InChI is InChI=1S/C24H23N3O3S2/c1-17-10-11-21-23(18(17)2)26-24(31-21)27(14-20-9-6-12-25-13-20)22(28)16-32(29,30)15-19-7-4-3-5-8-19/h3-13H,14-16H2,1-2H3. The highest BCUT2D eigenvalue weighted by molar-refractivity contribution is 7.91. The predicted octanol–water partition coefficient (Wildman–Crippen LogP) is 4.46. The van der Waals surface area contributed by atoms with Gasteiger partial charge in [-0.2, -0.15) is 0 Å². The number of aromatic nitrogens is 2. The lowest BCUT2D eigenvalue weighted by atomic mass is 10.1. The number of hydrogen-bond acceptors (Lipinski definition) is 6. The number of pyridine rings is 1. The van der Waals surface area contributed by atoms with Gasteiger partial charge in [0, 0.05) is 12.4 Å². The van der Waals surface area contributed by atoms with E-state index in [9.17, 15) is 13.2 Å². The Morgan fingerprint density at radius 3 is 2.47 bits per heavy atom. The number of fused-ring (bicyclic) bond motifs is 1. The summed E-state index contributed by atoms with van der Waals surface area (Å²) in [5, 5.41) is 0.484. The van der Waals surface area contributed by atoms with Crippen LogP contribution in [0, 0.1) is 13.8 Å². The third-order valence-corrected chi connectivity index (χ3v) is 7.75. The molecule has 8 heteroatoms. The summed E-state index contributed by atoms with van der Waals surface area (Å²) in [5.74, 6) is -1.27. The normalized spacial score (nSPS) is 11.6. The molecule has 0 atom stereocenters. The number of thiazole rings is 1. The number of rotatable bonds is 7. The summed E-state index contributed by atoms with van der Waals surface area (Å²) in [4.78, 5) is 23.6. The predicted molar refractivity (Wildman–Crippen MR) is 128 cm³/mol. The molecule has 32 heavy (non-hydrogen) atoms. The molecule has 1 amide bonds. The smallest absolute Gasteiger partial charge is 0.244 e. The summed E-state index contributed by atoms with van der Waals surface area (Å²) >= 11 is 1.38. The molecule has 2 heterocycles. The molecule has 2 aromatic heterocycles. The van der Waals surface area contributed by atoms with Crippen LogP contribution in [0.5, 0.6) is 0 Å². The van der Waals surface area contributed by atoms with Crippen LogP contribution in [0.15, 0.2) is 67.0 Å². The van der Waals surface area contributed by atoms with Gasteiger partial charge in [0.2, 0.25) is 5.91 Å². The molecule has 0 aliphatic heterocycles. The van der Waals surface area contributed by atoms with Crippen LogP contribution in [-0.4, -0.2) is 30.0 Å². The van der Waals surface area contributed by atoms with Crippen molar-refractivity contribution in [3.63, 3.8) is 0 Å². The minimum absolute atomic E-state index is 0.182. The number of anilines is 1. The van der Waals surface area contributed by atoms with Gasteiger partial charge in [-0.05, 0) is 48.2 Å². The largest absolute Gasteiger partial charge is 0.283 e. The molecule has 164 valence electrons. The van der Waals surface area contributed by atoms with E-state index in [1.165, 1.54) is 16.2 Å². The molecule has 0 spiro atoms. The summed E-state index contributed by atoms with van der Waals surface area (Å²) in [7, 11) is -3.65. The van der Waals surface area contributed by atoms with E-state index < -0.39 is 21.5 Å². The first kappa shape index (κ1) is 22.1. The molecule has 0 bridgehead atoms. The van der Waals surface area contributed by atoms with Crippen molar-refractivity contribution < 1.29 is 13.2 Å². The van der Waals surface area contributed by atoms with E-state index in [2.05, 4.69) is 4.98 Å². The van der Waals surface area contributed by atoms with Gasteiger partial charge in [0.25, 0.3) is 0 Å². The molecule has 2 aromatic carbocycles. The van der Waals surface area contributed by atoms with Crippen molar-refractivity contribution in [2.24, 2.45) is 0 Å². The minimum atomic E-state index is -3.65. The van der Waals surface area contributed by atoms with Crippen LogP contribution in [0.2, 0.25) is 0 Å². The molecule has 4 rings (SSSR count). The minimum Gasteiger partial charge on any atom is -0.283 e. The first-order chi connectivity index (χ1) is 15.3. The maximum atomic E-state index is 13.3. The van der Waals surface area contributed by atoms with E-state index in [1.54, 1.807) is 42.7 Å². The Morgan fingerprint density at radius 2 is 1.75 bits per heavy atom. The van der Waals surface area contributed by atoms with Crippen molar-refractivity contribution in [3.8, 4) is 0 Å². The number of carbonyl (C=O) groups excluding carboxylic acids is 1. The fourth-order valence-electron chi connectivity index (χ4n) is 3.41. The van der Waals surface area contributed by atoms with E-state index in [0.717, 1.165) is 26.9 Å². The Balaban J connectivity index is 1.66. The Labute approximate surface area is 191 Å². The molecule has 0 fully saturated rings. The number of hydrogen-bond donors (Lipinski definition) is 0. The second kappa shape index (κ2) is 9.18. The molecule has 0 N–H and O–H groups in total. The Morgan fingerprint density at radius 1 is 1.00 bits per heavy atom. The summed E-state index contributed by atoms with van der Waals surface area (Å²) in [5.41, 5.74) is 4.46. The van der Waals surface area contributed by atoms with Gasteiger partial charge < -0.3 is 0 Å². The van der Waals surface area contributed by atoms with Crippen molar-refractivity contribution in [1.82, 2.24) is 9.97 Å². The van der Waals surface area contributed by atoms with E-state index in [-0.39, 0.29) is 12.3 Å². The zero-order chi connectivity index (χ0) is 22.7. The van der Waals surface area contributed by atoms with E-state index in [4.69, 9.17) is 4.98 Å². The number of amides is 1. The highest BCUT2D eigenvalue weighted by Crippen LogP contribution is 2.33. The molecule has 0 unspecified atom stereocenters. The lowest BCUT2D eigenvalue weighted by molar-refractivity contribution is -0.116. The van der Waals surface area contributed by atoms with Crippen LogP contribution in [0.3, 0.4) is 0 Å². The SMILES string of the molecule is Cc1ccc2sc(N(Cc3cccnc3)C(=O)CS(=O)(=O)Cc3ccccc3)nc2c1C. The average molecular weight is 466 g/mol. The maximum Gasteiger partial charge on any atom is 0.244 e. The molecular weight excluding hydrogens is 442 g/mol. The third-order valence-electron chi connectivity index (χ3n) is 5.24. The van der Waals surface area contributed by atoms with Gasteiger partial charge in [-0.3, -0.25) is 14.7 Å². The number of sulfone groups is 1. The van der Waals surface area contributed by atoms with Crippen molar-refractivity contribution in [3.05, 3.63) is 89.2 Å². The first-order valence-corrected chi connectivity index (χ1v) is 12.8. The Kier molecular flexibility index (Phi) is 6.34. The van der Waals surface area contributed by atoms with Gasteiger partial charge in [-0.15, -0.1) is 0 Å². The molecule has 6 nitrogen and oxygen atoms in total. The van der Waals surface area contributed by atoms with E-state index >= 15 is 0 Å². The zero-order valence-corrected chi connectivity index (χ0v) is 19.5. The fourth-order valence-corrected chi connectivity index (χ4v) is 5.79. The van der Waals surface area contributed by atoms with Crippen LogP contribution in [0.1, 0.15) is 22.3 Å². The molecule has 4 aromatic rings. The monoisotopic (exact) mass is 465 g/mol. The van der Waals surface area contributed by atoms with Gasteiger partial charge >= 0.3 is 0 Å². The average Bonchev–Trinajstić information content (AvgIpc) is 3.20. The van der Waals surface area contributed by atoms with Gasteiger partial charge in [-0.25, -0.2) is 13.4 Å². The molecule has 0 saturated heterocycles. The molecule has 0 aliphatic rings. The van der Waals surface area contributed by atoms with Crippen LogP contribution < -0.4 is 4.90 Å². The Bertz CT molecular complexity index is 1350. The Hall–Kier alpha value is -3.10.